The first-order valence-electron chi connectivity index (χ1n) is 9.37. The highest BCUT2D eigenvalue weighted by molar-refractivity contribution is 7.89. The van der Waals surface area contributed by atoms with Crippen LogP contribution >= 0.6 is 11.6 Å². The van der Waals surface area contributed by atoms with Crippen molar-refractivity contribution in [3.8, 4) is 0 Å². The van der Waals surface area contributed by atoms with Crippen molar-refractivity contribution in [3.05, 3.63) is 64.2 Å². The molecule has 1 aliphatic rings. The van der Waals surface area contributed by atoms with Gasteiger partial charge in [0.1, 0.15) is 0 Å². The van der Waals surface area contributed by atoms with E-state index in [2.05, 4.69) is 0 Å². The molecule has 0 aromatic heterocycles. The Morgan fingerprint density at radius 2 is 1.61 bits per heavy atom. The standard InChI is InChI=1S/C21H25ClN2O3S/c1-16-3-9-20(15-17(16)2)28(26,27)24-13-11-23(12-14-24)21(25)10-6-18-4-7-19(22)8-5-18/h3-5,7-9,15H,6,10-14H2,1-2H3. The minimum Gasteiger partial charge on any atom is -0.340 e. The largest absolute Gasteiger partial charge is 0.340 e. The first-order valence-corrected chi connectivity index (χ1v) is 11.2. The molecule has 1 aliphatic heterocycles. The number of aryl methyl sites for hydroxylation is 3. The zero-order valence-corrected chi connectivity index (χ0v) is 17.8. The van der Waals surface area contributed by atoms with Crippen molar-refractivity contribution in [2.75, 3.05) is 26.2 Å². The Morgan fingerprint density at radius 1 is 0.964 bits per heavy atom. The average Bonchev–Trinajstić information content (AvgIpc) is 2.69. The van der Waals surface area contributed by atoms with Crippen LogP contribution in [0, 0.1) is 13.8 Å². The molecule has 1 saturated heterocycles. The van der Waals surface area contributed by atoms with Crippen molar-refractivity contribution in [3.63, 3.8) is 0 Å². The van der Waals surface area contributed by atoms with Crippen molar-refractivity contribution >= 4 is 27.5 Å². The molecule has 3 rings (SSSR count). The van der Waals surface area contributed by atoms with Gasteiger partial charge in [-0.05, 0) is 61.2 Å². The van der Waals surface area contributed by atoms with E-state index in [4.69, 9.17) is 11.6 Å². The Balaban J connectivity index is 1.56. The van der Waals surface area contributed by atoms with Gasteiger partial charge in [-0.25, -0.2) is 8.42 Å². The number of halogens is 1. The van der Waals surface area contributed by atoms with Gasteiger partial charge in [-0.3, -0.25) is 4.79 Å². The third-order valence-corrected chi connectivity index (χ3v) is 7.39. The topological polar surface area (TPSA) is 57.7 Å². The van der Waals surface area contributed by atoms with E-state index in [0.29, 0.717) is 48.9 Å². The second-order valence-electron chi connectivity index (χ2n) is 7.16. The van der Waals surface area contributed by atoms with Gasteiger partial charge < -0.3 is 4.90 Å². The molecule has 1 amide bonds. The Labute approximate surface area is 172 Å². The predicted molar refractivity (Wildman–Crippen MR) is 111 cm³/mol. The van der Waals surface area contributed by atoms with Gasteiger partial charge in [0.15, 0.2) is 0 Å². The summed E-state index contributed by atoms with van der Waals surface area (Å²) in [5.74, 6) is 0.0539. The highest BCUT2D eigenvalue weighted by Gasteiger charge is 2.30. The number of hydrogen-bond acceptors (Lipinski definition) is 3. The summed E-state index contributed by atoms with van der Waals surface area (Å²) in [5, 5.41) is 0.677. The number of carbonyl (C=O) groups is 1. The van der Waals surface area contributed by atoms with Gasteiger partial charge in [0.2, 0.25) is 15.9 Å². The molecule has 0 atom stereocenters. The number of rotatable bonds is 5. The minimum atomic E-state index is -3.53. The van der Waals surface area contributed by atoms with E-state index in [9.17, 15) is 13.2 Å². The molecule has 0 bridgehead atoms. The predicted octanol–water partition coefficient (Wildman–Crippen LogP) is 3.42. The third-order valence-electron chi connectivity index (χ3n) is 5.25. The van der Waals surface area contributed by atoms with E-state index >= 15 is 0 Å². The number of hydrogen-bond donors (Lipinski definition) is 0. The second kappa shape index (κ2) is 8.64. The summed E-state index contributed by atoms with van der Waals surface area (Å²) in [4.78, 5) is 14.5. The fraction of sp³-hybridized carbons (Fsp3) is 0.381. The van der Waals surface area contributed by atoms with Crippen LogP contribution in [0.1, 0.15) is 23.1 Å². The van der Waals surface area contributed by atoms with E-state index in [-0.39, 0.29) is 5.91 Å². The monoisotopic (exact) mass is 420 g/mol. The molecule has 1 heterocycles. The maximum absolute atomic E-state index is 12.9. The van der Waals surface area contributed by atoms with Crippen LogP contribution in [0.4, 0.5) is 0 Å². The molecule has 2 aromatic carbocycles. The Bertz CT molecular complexity index is 950. The Kier molecular flexibility index (Phi) is 6.43. The number of nitrogens with zero attached hydrogens (tertiary/aromatic N) is 2. The van der Waals surface area contributed by atoms with Gasteiger partial charge >= 0.3 is 0 Å². The number of piperazine rings is 1. The van der Waals surface area contributed by atoms with Gasteiger partial charge in [0.05, 0.1) is 4.90 Å². The fourth-order valence-electron chi connectivity index (χ4n) is 3.26. The van der Waals surface area contributed by atoms with E-state index < -0.39 is 10.0 Å². The van der Waals surface area contributed by atoms with Crippen LogP contribution in [0.25, 0.3) is 0 Å². The summed E-state index contributed by atoms with van der Waals surface area (Å²) in [6.07, 6.45) is 1.06. The summed E-state index contributed by atoms with van der Waals surface area (Å²) < 4.78 is 27.2. The van der Waals surface area contributed by atoms with Crippen LogP contribution in [-0.2, 0) is 21.2 Å². The SMILES string of the molecule is Cc1ccc(S(=O)(=O)N2CCN(C(=O)CCc3ccc(Cl)cc3)CC2)cc1C. The molecule has 0 radical (unpaired) electrons. The summed E-state index contributed by atoms with van der Waals surface area (Å²) in [7, 11) is -3.53. The Morgan fingerprint density at radius 3 is 2.21 bits per heavy atom. The van der Waals surface area contributed by atoms with Gasteiger partial charge in [-0.2, -0.15) is 4.31 Å². The molecule has 2 aromatic rings. The molecule has 150 valence electrons. The summed E-state index contributed by atoms with van der Waals surface area (Å²) in [5.41, 5.74) is 3.08. The Hall–Kier alpha value is -1.89. The van der Waals surface area contributed by atoms with Crippen LogP contribution in [0.3, 0.4) is 0 Å². The van der Waals surface area contributed by atoms with Crippen LogP contribution < -0.4 is 0 Å². The third kappa shape index (κ3) is 4.74. The van der Waals surface area contributed by atoms with Crippen molar-refractivity contribution in [2.45, 2.75) is 31.6 Å². The lowest BCUT2D eigenvalue weighted by molar-refractivity contribution is -0.132. The van der Waals surface area contributed by atoms with E-state index in [1.165, 1.54) is 4.31 Å². The van der Waals surface area contributed by atoms with Crippen molar-refractivity contribution < 1.29 is 13.2 Å². The number of carbonyl (C=O) groups excluding carboxylic acids is 1. The maximum Gasteiger partial charge on any atom is 0.243 e. The van der Waals surface area contributed by atoms with Gasteiger partial charge in [0, 0.05) is 37.6 Å². The van der Waals surface area contributed by atoms with Crippen molar-refractivity contribution in [1.82, 2.24) is 9.21 Å². The number of sulfonamides is 1. The molecule has 0 saturated carbocycles. The van der Waals surface area contributed by atoms with Crippen LogP contribution in [0.2, 0.25) is 5.02 Å². The lowest BCUT2D eigenvalue weighted by Crippen LogP contribution is -2.50. The van der Waals surface area contributed by atoms with Crippen molar-refractivity contribution in [2.24, 2.45) is 0 Å². The molecule has 0 unspecified atom stereocenters. The fourth-order valence-corrected chi connectivity index (χ4v) is 4.90. The molecule has 0 aliphatic carbocycles. The molecular weight excluding hydrogens is 396 g/mol. The van der Waals surface area contributed by atoms with Crippen LogP contribution in [0.15, 0.2) is 47.4 Å². The van der Waals surface area contributed by atoms with Crippen LogP contribution in [-0.4, -0.2) is 49.7 Å². The van der Waals surface area contributed by atoms with E-state index in [0.717, 1.165) is 16.7 Å². The molecule has 0 N–H and O–H groups in total. The van der Waals surface area contributed by atoms with Gasteiger partial charge in [-0.15, -0.1) is 0 Å². The van der Waals surface area contributed by atoms with E-state index in [1.807, 2.05) is 44.2 Å². The summed E-state index contributed by atoms with van der Waals surface area (Å²) >= 11 is 5.88. The molecule has 5 nitrogen and oxygen atoms in total. The first-order chi connectivity index (χ1) is 13.3. The zero-order chi connectivity index (χ0) is 20.3. The zero-order valence-electron chi connectivity index (χ0n) is 16.2. The van der Waals surface area contributed by atoms with Crippen LogP contribution in [0.5, 0.6) is 0 Å². The average molecular weight is 421 g/mol. The quantitative estimate of drug-likeness (QED) is 0.744. The normalized spacial score (nSPS) is 15.6. The van der Waals surface area contributed by atoms with Crippen molar-refractivity contribution in [1.29, 1.82) is 0 Å². The smallest absolute Gasteiger partial charge is 0.243 e. The molecular formula is C21H25ClN2O3S. The molecule has 28 heavy (non-hydrogen) atoms. The number of benzene rings is 2. The summed E-state index contributed by atoms with van der Waals surface area (Å²) in [6.45, 7) is 5.35. The maximum atomic E-state index is 12.9. The lowest BCUT2D eigenvalue weighted by atomic mass is 10.1. The number of amides is 1. The van der Waals surface area contributed by atoms with E-state index in [1.54, 1.807) is 17.0 Å². The minimum absolute atomic E-state index is 0.0539. The second-order valence-corrected chi connectivity index (χ2v) is 9.53. The molecule has 1 fully saturated rings. The highest BCUT2D eigenvalue weighted by atomic mass is 35.5. The highest BCUT2D eigenvalue weighted by Crippen LogP contribution is 2.21. The lowest BCUT2D eigenvalue weighted by Gasteiger charge is -2.34. The first kappa shape index (κ1) is 20.8. The molecule has 0 spiro atoms. The van der Waals surface area contributed by atoms with Gasteiger partial charge in [0.25, 0.3) is 0 Å². The molecule has 7 heteroatoms. The summed E-state index contributed by atoms with van der Waals surface area (Å²) in [6, 6.07) is 12.7. The van der Waals surface area contributed by atoms with Gasteiger partial charge in [-0.1, -0.05) is 29.8 Å².